The predicted octanol–water partition coefficient (Wildman–Crippen LogP) is 8.03. The van der Waals surface area contributed by atoms with Gasteiger partial charge >= 0.3 is 5.97 Å². The third-order valence-electron chi connectivity index (χ3n) is 8.22. The quantitative estimate of drug-likeness (QED) is 0.281. The summed E-state index contributed by atoms with van der Waals surface area (Å²) in [5, 5.41) is 3.38. The molecular formula is C29H44ClNO4S. The van der Waals surface area contributed by atoms with Crippen LogP contribution in [-0.4, -0.2) is 34.0 Å². The summed E-state index contributed by atoms with van der Waals surface area (Å²) >= 11 is 8.39. The monoisotopic (exact) mass is 537 g/mol. The molecule has 7 heteroatoms. The lowest BCUT2D eigenvalue weighted by atomic mass is 9.79. The highest BCUT2D eigenvalue weighted by Gasteiger charge is 2.66. The fourth-order valence-electron chi connectivity index (χ4n) is 5.42. The van der Waals surface area contributed by atoms with Crippen LogP contribution in [0.3, 0.4) is 0 Å². The number of fused-ring (bicyclic) bond motifs is 1. The molecule has 0 aliphatic carbocycles. The number of ketones is 1. The van der Waals surface area contributed by atoms with Gasteiger partial charge in [-0.25, -0.2) is 4.98 Å². The minimum Gasteiger partial charge on any atom is -0.456 e. The Morgan fingerprint density at radius 2 is 1.97 bits per heavy atom. The largest absolute Gasteiger partial charge is 0.456 e. The van der Waals surface area contributed by atoms with Gasteiger partial charge in [0.1, 0.15) is 17.5 Å². The summed E-state index contributed by atoms with van der Waals surface area (Å²) in [6.45, 7) is 12.5. The van der Waals surface area contributed by atoms with Crippen LogP contribution in [0, 0.1) is 18.3 Å². The first-order valence-corrected chi connectivity index (χ1v) is 14.9. The van der Waals surface area contributed by atoms with E-state index in [9.17, 15) is 9.59 Å². The third-order valence-corrected chi connectivity index (χ3v) is 9.36. The number of hydrogen-bond donors (Lipinski definition) is 0. The van der Waals surface area contributed by atoms with Gasteiger partial charge in [-0.3, -0.25) is 9.59 Å². The zero-order valence-corrected chi connectivity index (χ0v) is 24.5. The molecular weight excluding hydrogens is 494 g/mol. The summed E-state index contributed by atoms with van der Waals surface area (Å²) in [6.07, 6.45) is 9.97. The van der Waals surface area contributed by atoms with Gasteiger partial charge in [0.05, 0.1) is 21.3 Å². The van der Waals surface area contributed by atoms with Gasteiger partial charge in [-0.15, -0.1) is 11.3 Å². The van der Waals surface area contributed by atoms with Crippen molar-refractivity contribution in [2.75, 3.05) is 0 Å². The Morgan fingerprint density at radius 1 is 1.22 bits per heavy atom. The maximum Gasteiger partial charge on any atom is 0.306 e. The number of unbranched alkanes of at least 4 members (excludes halogenated alkanes) is 1. The normalized spacial score (nSPS) is 32.6. The van der Waals surface area contributed by atoms with E-state index in [1.807, 2.05) is 32.2 Å². The third kappa shape index (κ3) is 7.41. The average molecular weight is 538 g/mol. The van der Waals surface area contributed by atoms with E-state index in [4.69, 9.17) is 21.1 Å². The van der Waals surface area contributed by atoms with Crippen molar-refractivity contribution in [2.24, 2.45) is 11.3 Å². The van der Waals surface area contributed by atoms with Crippen LogP contribution >= 0.6 is 22.9 Å². The highest BCUT2D eigenvalue weighted by molar-refractivity contribution is 7.09. The summed E-state index contributed by atoms with van der Waals surface area (Å²) in [4.78, 5) is 30.4. The van der Waals surface area contributed by atoms with Crippen molar-refractivity contribution in [3.05, 3.63) is 21.1 Å². The first-order chi connectivity index (χ1) is 16.9. The minimum absolute atomic E-state index is 0.185. The molecule has 2 saturated heterocycles. The number of ether oxygens (including phenoxy) is 2. The van der Waals surface area contributed by atoms with Gasteiger partial charge in [0, 0.05) is 30.1 Å². The smallest absolute Gasteiger partial charge is 0.306 e. The van der Waals surface area contributed by atoms with E-state index < -0.39 is 11.5 Å². The molecule has 3 heterocycles. The number of cyclic esters (lactones) is 1. The van der Waals surface area contributed by atoms with E-state index >= 15 is 0 Å². The number of Topliss-reactive ketones (excluding diaryl/α,β-unsaturated/α-hetero) is 1. The van der Waals surface area contributed by atoms with Crippen molar-refractivity contribution >= 4 is 40.8 Å². The van der Waals surface area contributed by atoms with Crippen molar-refractivity contribution < 1.29 is 19.1 Å². The number of epoxide rings is 1. The summed E-state index contributed by atoms with van der Waals surface area (Å²) in [5.41, 5.74) is -0.386. The minimum atomic E-state index is -0.606. The fourth-order valence-corrected chi connectivity index (χ4v) is 6.22. The number of carbonyl (C=O) groups excluding carboxylic acids is 2. The zero-order chi connectivity index (χ0) is 26.6. The van der Waals surface area contributed by atoms with Crippen LogP contribution < -0.4 is 0 Å². The van der Waals surface area contributed by atoms with Crippen LogP contribution in [0.25, 0.3) is 6.08 Å². The topological polar surface area (TPSA) is 68.8 Å². The lowest BCUT2D eigenvalue weighted by Gasteiger charge is -2.27. The maximum absolute atomic E-state index is 13.0. The molecule has 36 heavy (non-hydrogen) atoms. The molecule has 3 rings (SSSR count). The van der Waals surface area contributed by atoms with Gasteiger partial charge in [0.2, 0.25) is 0 Å². The summed E-state index contributed by atoms with van der Waals surface area (Å²) in [6, 6.07) is 0. The number of hydrogen-bond acceptors (Lipinski definition) is 6. The predicted molar refractivity (Wildman–Crippen MR) is 147 cm³/mol. The van der Waals surface area contributed by atoms with E-state index in [1.54, 1.807) is 11.3 Å². The zero-order valence-electron chi connectivity index (χ0n) is 23.0. The van der Waals surface area contributed by atoms with E-state index in [1.165, 1.54) is 0 Å². The van der Waals surface area contributed by atoms with Crippen molar-refractivity contribution in [3.8, 4) is 0 Å². The molecule has 2 aliphatic heterocycles. The molecule has 0 spiro atoms. The van der Waals surface area contributed by atoms with Crippen molar-refractivity contribution in [2.45, 2.75) is 129 Å². The Labute approximate surface area is 226 Å². The Hall–Kier alpha value is -1.24. The number of aryl methyl sites for hydroxylation is 1. The number of rotatable bonds is 5. The summed E-state index contributed by atoms with van der Waals surface area (Å²) in [7, 11) is 0. The van der Waals surface area contributed by atoms with Crippen molar-refractivity contribution in [1.82, 2.24) is 4.98 Å². The molecule has 0 aromatic carbocycles. The molecule has 0 saturated carbocycles. The number of thiazole rings is 1. The second kappa shape index (κ2) is 12.1. The molecule has 202 valence electrons. The van der Waals surface area contributed by atoms with Crippen LogP contribution in [0.15, 0.2) is 10.4 Å². The van der Waals surface area contributed by atoms with E-state index in [2.05, 4.69) is 25.8 Å². The van der Waals surface area contributed by atoms with E-state index in [0.717, 1.165) is 55.6 Å². The SMILES string of the molecule is CCCCC12CC(C(Cl)=Cc3csc(C)n3)OC(=O)CCC(C)(C)C(=O)CCC(C)CCCC1(C)O2. The number of nitrogens with zero attached hydrogens (tertiary/aromatic N) is 1. The number of halogens is 1. The highest BCUT2D eigenvalue weighted by Crippen LogP contribution is 2.57. The molecule has 0 bridgehead atoms. The number of aromatic nitrogens is 1. The second-order valence-corrected chi connectivity index (χ2v) is 13.3. The maximum atomic E-state index is 13.0. The number of esters is 1. The molecule has 0 radical (unpaired) electrons. The van der Waals surface area contributed by atoms with Crippen LogP contribution in [-0.2, 0) is 19.1 Å². The Morgan fingerprint density at radius 3 is 2.64 bits per heavy atom. The van der Waals surface area contributed by atoms with Gasteiger partial charge < -0.3 is 9.47 Å². The second-order valence-electron chi connectivity index (χ2n) is 11.8. The molecule has 2 fully saturated rings. The van der Waals surface area contributed by atoms with Crippen LogP contribution in [0.4, 0.5) is 0 Å². The molecule has 0 amide bonds. The standard InChI is InChI=1S/C29H44ClNO4S/c1-7-8-15-29-18-24(23(30)17-22-19-36-21(3)31-22)34-26(33)13-16-27(4,5)25(32)12-11-20(2)10-9-14-28(29,6)35-29/h17,19-20,24H,7-16,18H2,1-6H3. The molecule has 1 aromatic heterocycles. The van der Waals surface area contributed by atoms with Crippen molar-refractivity contribution in [3.63, 3.8) is 0 Å². The highest BCUT2D eigenvalue weighted by atomic mass is 35.5. The van der Waals surface area contributed by atoms with Gasteiger partial charge in [-0.05, 0) is 51.5 Å². The van der Waals surface area contributed by atoms with E-state index in [0.29, 0.717) is 30.2 Å². The average Bonchev–Trinajstić information content (AvgIpc) is 3.14. The summed E-state index contributed by atoms with van der Waals surface area (Å²) in [5.74, 6) is 0.385. The van der Waals surface area contributed by atoms with Gasteiger partial charge in [0.25, 0.3) is 0 Å². The molecule has 2 aliphatic rings. The Balaban J connectivity index is 1.88. The van der Waals surface area contributed by atoms with Gasteiger partial charge in [0.15, 0.2) is 0 Å². The first kappa shape index (κ1) is 29.3. The lowest BCUT2D eigenvalue weighted by Crippen LogP contribution is -2.32. The van der Waals surface area contributed by atoms with Crippen molar-refractivity contribution in [1.29, 1.82) is 0 Å². The van der Waals surface area contributed by atoms with Crippen LogP contribution in [0.5, 0.6) is 0 Å². The Kier molecular flexibility index (Phi) is 9.84. The number of carbonyl (C=O) groups is 2. The fraction of sp³-hybridized carbons (Fsp3) is 0.759. The van der Waals surface area contributed by atoms with Crippen LogP contribution in [0.1, 0.15) is 116 Å². The Bertz CT molecular complexity index is 957. The molecule has 0 N–H and O–H groups in total. The van der Waals surface area contributed by atoms with E-state index in [-0.39, 0.29) is 29.4 Å². The summed E-state index contributed by atoms with van der Waals surface area (Å²) < 4.78 is 12.6. The van der Waals surface area contributed by atoms with Gasteiger partial charge in [-0.2, -0.15) is 0 Å². The molecule has 1 aromatic rings. The molecule has 5 nitrogen and oxygen atoms in total. The lowest BCUT2D eigenvalue weighted by molar-refractivity contribution is -0.148. The van der Waals surface area contributed by atoms with Crippen LogP contribution in [0.2, 0.25) is 0 Å². The molecule has 4 atom stereocenters. The first-order valence-electron chi connectivity index (χ1n) is 13.6. The molecule has 4 unspecified atom stereocenters. The van der Waals surface area contributed by atoms with Gasteiger partial charge in [-0.1, -0.05) is 65.0 Å².